The minimum atomic E-state index is -0.627. The van der Waals surface area contributed by atoms with E-state index in [2.05, 4.69) is 10.3 Å². The van der Waals surface area contributed by atoms with E-state index in [0.717, 1.165) is 11.1 Å². The molecule has 128 valence electrons. The first kappa shape index (κ1) is 17.0. The first-order valence-corrected chi connectivity index (χ1v) is 8.18. The van der Waals surface area contributed by atoms with Crippen LogP contribution < -0.4 is 10.1 Å². The molecule has 3 rings (SSSR count). The van der Waals surface area contributed by atoms with Crippen molar-refractivity contribution < 1.29 is 14.3 Å². The maximum absolute atomic E-state index is 12.4. The van der Waals surface area contributed by atoms with E-state index < -0.39 is 11.7 Å². The molecular weight excluding hydrogens is 340 g/mol. The van der Waals surface area contributed by atoms with Crippen LogP contribution in [0.25, 0.3) is 10.9 Å². The third-order valence-electron chi connectivity index (χ3n) is 3.95. The van der Waals surface area contributed by atoms with Gasteiger partial charge in [0.15, 0.2) is 0 Å². The number of amides is 1. The molecule has 0 bridgehead atoms. The van der Waals surface area contributed by atoms with Crippen molar-refractivity contribution in [3.63, 3.8) is 0 Å². The minimum absolute atomic E-state index is 0.331. The first-order valence-electron chi connectivity index (χ1n) is 7.80. The maximum Gasteiger partial charge on any atom is 0.292 e. The van der Waals surface area contributed by atoms with Crippen LogP contribution >= 0.6 is 11.6 Å². The van der Waals surface area contributed by atoms with Crippen molar-refractivity contribution in [1.29, 1.82) is 0 Å². The molecule has 2 N–H and O–H groups in total. The van der Waals surface area contributed by atoms with E-state index in [4.69, 9.17) is 16.3 Å². The van der Waals surface area contributed by atoms with E-state index in [1.165, 1.54) is 0 Å². The summed E-state index contributed by atoms with van der Waals surface area (Å²) >= 11 is 5.84. The number of methoxy groups -OCH3 is 1. The number of fused-ring (bicyclic) bond motifs is 1. The Labute approximate surface area is 149 Å². The van der Waals surface area contributed by atoms with Crippen LogP contribution in [0.2, 0.25) is 5.02 Å². The molecule has 1 amide bonds. The Morgan fingerprint density at radius 2 is 1.92 bits per heavy atom. The molecule has 0 radical (unpaired) electrons. The molecule has 3 aromatic rings. The van der Waals surface area contributed by atoms with Crippen LogP contribution in [0.1, 0.15) is 15.9 Å². The molecule has 0 aliphatic heterocycles. The lowest BCUT2D eigenvalue weighted by Gasteiger charge is -2.05. The molecule has 25 heavy (non-hydrogen) atoms. The quantitative estimate of drug-likeness (QED) is 0.525. The lowest BCUT2D eigenvalue weighted by Crippen LogP contribution is -2.32. The number of benzene rings is 2. The van der Waals surface area contributed by atoms with E-state index in [1.54, 1.807) is 37.6 Å². The molecule has 0 spiro atoms. The molecular formula is C19H17ClN2O3. The predicted octanol–water partition coefficient (Wildman–Crippen LogP) is 3.37. The van der Waals surface area contributed by atoms with Crippen molar-refractivity contribution in [1.82, 2.24) is 10.3 Å². The molecule has 0 unspecified atom stereocenters. The second-order valence-corrected chi connectivity index (χ2v) is 6.01. The van der Waals surface area contributed by atoms with Crippen molar-refractivity contribution in [2.24, 2.45) is 0 Å². The lowest BCUT2D eigenvalue weighted by atomic mass is 10.1. The SMILES string of the molecule is COc1ccc2[nH]cc(C(=O)C(=O)NCCc3ccc(Cl)cc3)c2c1. The standard InChI is InChI=1S/C19H17ClN2O3/c1-25-14-6-7-17-15(10-14)16(11-22-17)18(23)19(24)21-9-8-12-2-4-13(20)5-3-12/h2-7,10-11,22H,8-9H2,1H3,(H,21,24). The van der Waals surface area contributed by atoms with Gasteiger partial charge in [-0.3, -0.25) is 9.59 Å². The van der Waals surface area contributed by atoms with Crippen molar-refractivity contribution in [2.75, 3.05) is 13.7 Å². The van der Waals surface area contributed by atoms with Gasteiger partial charge in [0.1, 0.15) is 5.75 Å². The normalized spacial score (nSPS) is 10.6. The van der Waals surface area contributed by atoms with Gasteiger partial charge in [0, 0.05) is 28.7 Å². The number of Topliss-reactive ketones (excluding diaryl/α,β-unsaturated/α-hetero) is 1. The molecule has 1 heterocycles. The Kier molecular flexibility index (Phi) is 5.05. The molecule has 0 aliphatic carbocycles. The van der Waals surface area contributed by atoms with Gasteiger partial charge >= 0.3 is 0 Å². The van der Waals surface area contributed by atoms with Gasteiger partial charge < -0.3 is 15.0 Å². The molecule has 0 saturated heterocycles. The highest BCUT2D eigenvalue weighted by atomic mass is 35.5. The zero-order chi connectivity index (χ0) is 17.8. The number of carbonyl (C=O) groups is 2. The number of carbonyl (C=O) groups excluding carboxylic acids is 2. The minimum Gasteiger partial charge on any atom is -0.497 e. The van der Waals surface area contributed by atoms with Gasteiger partial charge in [-0.05, 0) is 42.3 Å². The van der Waals surface area contributed by atoms with Gasteiger partial charge in [-0.25, -0.2) is 0 Å². The van der Waals surface area contributed by atoms with Gasteiger partial charge in [-0.15, -0.1) is 0 Å². The molecule has 0 atom stereocenters. The van der Waals surface area contributed by atoms with Crippen molar-refractivity contribution in [3.8, 4) is 5.75 Å². The first-order chi connectivity index (χ1) is 12.1. The smallest absolute Gasteiger partial charge is 0.292 e. The number of rotatable bonds is 6. The third kappa shape index (κ3) is 3.83. The number of aromatic amines is 1. The number of halogens is 1. The van der Waals surface area contributed by atoms with E-state index in [9.17, 15) is 9.59 Å². The Hall–Kier alpha value is -2.79. The van der Waals surface area contributed by atoms with E-state index in [0.29, 0.717) is 34.7 Å². The van der Waals surface area contributed by atoms with E-state index >= 15 is 0 Å². The van der Waals surface area contributed by atoms with Crippen molar-refractivity contribution in [2.45, 2.75) is 6.42 Å². The average molecular weight is 357 g/mol. The Balaban J connectivity index is 1.66. The van der Waals surface area contributed by atoms with Crippen LogP contribution in [0.3, 0.4) is 0 Å². The summed E-state index contributed by atoms with van der Waals surface area (Å²) in [5, 5.41) is 3.99. The highest BCUT2D eigenvalue weighted by molar-refractivity contribution is 6.45. The second-order valence-electron chi connectivity index (χ2n) is 5.58. The number of aromatic nitrogens is 1. The van der Waals surface area contributed by atoms with Gasteiger partial charge in [-0.1, -0.05) is 23.7 Å². The van der Waals surface area contributed by atoms with E-state index in [-0.39, 0.29) is 0 Å². The second kappa shape index (κ2) is 7.40. The number of ether oxygens (including phenoxy) is 1. The number of nitrogens with one attached hydrogen (secondary N) is 2. The number of hydrogen-bond acceptors (Lipinski definition) is 3. The number of hydrogen-bond donors (Lipinski definition) is 2. The van der Waals surface area contributed by atoms with Crippen LogP contribution in [0.4, 0.5) is 0 Å². The molecule has 5 nitrogen and oxygen atoms in total. The van der Waals surface area contributed by atoms with Crippen LogP contribution in [0, 0.1) is 0 Å². The average Bonchev–Trinajstić information content (AvgIpc) is 3.05. The monoisotopic (exact) mass is 356 g/mol. The van der Waals surface area contributed by atoms with Gasteiger partial charge in [0.2, 0.25) is 0 Å². The predicted molar refractivity (Wildman–Crippen MR) is 97.3 cm³/mol. The molecule has 2 aromatic carbocycles. The molecule has 6 heteroatoms. The summed E-state index contributed by atoms with van der Waals surface area (Å²) in [6, 6.07) is 12.7. The summed E-state index contributed by atoms with van der Waals surface area (Å²) in [4.78, 5) is 27.6. The van der Waals surface area contributed by atoms with Gasteiger partial charge in [-0.2, -0.15) is 0 Å². The summed E-state index contributed by atoms with van der Waals surface area (Å²) in [6.45, 7) is 0.373. The zero-order valence-electron chi connectivity index (χ0n) is 13.6. The summed E-state index contributed by atoms with van der Waals surface area (Å²) in [7, 11) is 1.55. The van der Waals surface area contributed by atoms with Crippen LogP contribution in [-0.2, 0) is 11.2 Å². The number of ketones is 1. The maximum atomic E-state index is 12.4. The summed E-state index contributed by atoms with van der Waals surface area (Å²) in [5.74, 6) is -0.572. The van der Waals surface area contributed by atoms with Gasteiger partial charge in [0.25, 0.3) is 11.7 Å². The zero-order valence-corrected chi connectivity index (χ0v) is 14.4. The lowest BCUT2D eigenvalue weighted by molar-refractivity contribution is -0.116. The van der Waals surface area contributed by atoms with Crippen molar-refractivity contribution >= 4 is 34.2 Å². The highest BCUT2D eigenvalue weighted by Crippen LogP contribution is 2.24. The molecule has 1 aromatic heterocycles. The third-order valence-corrected chi connectivity index (χ3v) is 4.20. The summed E-state index contributed by atoms with van der Waals surface area (Å²) in [5.41, 5.74) is 2.14. The van der Waals surface area contributed by atoms with Crippen LogP contribution in [0.5, 0.6) is 5.75 Å². The summed E-state index contributed by atoms with van der Waals surface area (Å²) < 4.78 is 5.17. The topological polar surface area (TPSA) is 71.2 Å². The summed E-state index contributed by atoms with van der Waals surface area (Å²) in [6.07, 6.45) is 2.17. The number of H-pyrrole nitrogens is 1. The van der Waals surface area contributed by atoms with Crippen molar-refractivity contribution in [3.05, 3.63) is 64.8 Å². The Morgan fingerprint density at radius 1 is 1.16 bits per heavy atom. The Bertz CT molecular complexity index is 916. The molecule has 0 aliphatic rings. The van der Waals surface area contributed by atoms with Gasteiger partial charge in [0.05, 0.1) is 12.7 Å². The highest BCUT2D eigenvalue weighted by Gasteiger charge is 2.19. The fourth-order valence-electron chi connectivity index (χ4n) is 2.59. The largest absolute Gasteiger partial charge is 0.497 e. The van der Waals surface area contributed by atoms with Crippen LogP contribution in [0.15, 0.2) is 48.7 Å². The molecule has 0 fully saturated rings. The Morgan fingerprint density at radius 3 is 2.64 bits per heavy atom. The fourth-order valence-corrected chi connectivity index (χ4v) is 2.71. The molecule has 0 saturated carbocycles. The van der Waals surface area contributed by atoms with Crippen LogP contribution in [-0.4, -0.2) is 30.3 Å². The van der Waals surface area contributed by atoms with E-state index in [1.807, 2.05) is 18.2 Å². The fraction of sp³-hybridized carbons (Fsp3) is 0.158.